The second kappa shape index (κ2) is 4.37. The molecule has 0 bridgehead atoms. The lowest BCUT2D eigenvalue weighted by molar-refractivity contribution is 0.145. The first kappa shape index (κ1) is 11.9. The van der Waals surface area contributed by atoms with E-state index in [2.05, 4.69) is 26.5 Å². The van der Waals surface area contributed by atoms with Gasteiger partial charge in [-0.15, -0.1) is 0 Å². The van der Waals surface area contributed by atoms with Crippen LogP contribution in [-0.2, 0) is 0 Å². The maximum Gasteiger partial charge on any atom is 0.0641 e. The van der Waals surface area contributed by atoms with Crippen molar-refractivity contribution in [3.8, 4) is 0 Å². The number of hydrogen-bond acceptors (Lipinski definition) is 1. The third-order valence-electron chi connectivity index (χ3n) is 5.02. The second-order valence-corrected chi connectivity index (χ2v) is 5.88. The quantitative estimate of drug-likeness (QED) is 0.704. The molecular formula is C15H24O. The van der Waals surface area contributed by atoms with Crippen LogP contribution in [0.5, 0.6) is 0 Å². The Morgan fingerprint density at radius 2 is 2.31 bits per heavy atom. The third kappa shape index (κ3) is 1.86. The molecule has 0 amide bonds. The zero-order valence-corrected chi connectivity index (χ0v) is 10.6. The van der Waals surface area contributed by atoms with Crippen LogP contribution < -0.4 is 0 Å². The van der Waals surface area contributed by atoms with Crippen molar-refractivity contribution in [2.24, 2.45) is 17.3 Å². The van der Waals surface area contributed by atoms with Crippen LogP contribution in [0, 0.1) is 17.3 Å². The van der Waals surface area contributed by atoms with Crippen LogP contribution in [0.25, 0.3) is 0 Å². The highest BCUT2D eigenvalue weighted by atomic mass is 16.3. The van der Waals surface area contributed by atoms with E-state index in [-0.39, 0.29) is 6.61 Å². The summed E-state index contributed by atoms with van der Waals surface area (Å²) in [5.74, 6) is 1.31. The van der Waals surface area contributed by atoms with Crippen LogP contribution in [0.15, 0.2) is 23.8 Å². The average molecular weight is 220 g/mol. The number of rotatable bonds is 2. The first-order valence-corrected chi connectivity index (χ1v) is 6.56. The molecule has 0 aromatic heterocycles. The lowest BCUT2D eigenvalue weighted by Crippen LogP contribution is -2.36. The van der Waals surface area contributed by atoms with Gasteiger partial charge in [0.2, 0.25) is 0 Å². The van der Waals surface area contributed by atoms with Gasteiger partial charge < -0.3 is 5.11 Å². The highest BCUT2D eigenvalue weighted by molar-refractivity contribution is 5.23. The molecule has 2 aliphatic rings. The minimum Gasteiger partial charge on any atom is -0.392 e. The number of allylic oxidation sites excluding steroid dienone is 2. The molecule has 2 aliphatic carbocycles. The van der Waals surface area contributed by atoms with Crippen LogP contribution in [-0.4, -0.2) is 11.7 Å². The smallest absolute Gasteiger partial charge is 0.0641 e. The van der Waals surface area contributed by atoms with Gasteiger partial charge in [-0.1, -0.05) is 32.1 Å². The van der Waals surface area contributed by atoms with Crippen LogP contribution >= 0.6 is 0 Å². The van der Waals surface area contributed by atoms with E-state index in [0.717, 1.165) is 11.5 Å². The third-order valence-corrected chi connectivity index (χ3v) is 5.02. The molecule has 1 nitrogen and oxygen atoms in total. The predicted molar refractivity (Wildman–Crippen MR) is 68.2 cm³/mol. The fourth-order valence-corrected chi connectivity index (χ4v) is 3.52. The molecule has 2 rings (SSSR count). The number of hydrogen-bond donors (Lipinski definition) is 1. The van der Waals surface area contributed by atoms with Crippen molar-refractivity contribution in [1.82, 2.24) is 0 Å². The van der Waals surface area contributed by atoms with E-state index in [1.54, 1.807) is 5.57 Å². The molecule has 0 radical (unpaired) electrons. The summed E-state index contributed by atoms with van der Waals surface area (Å²) in [5.41, 5.74) is 3.09. The maximum atomic E-state index is 9.22. The molecule has 0 aliphatic heterocycles. The summed E-state index contributed by atoms with van der Waals surface area (Å²) in [6.45, 7) is 8.98. The van der Waals surface area contributed by atoms with Crippen LogP contribution in [0.2, 0.25) is 0 Å². The molecule has 0 saturated heterocycles. The van der Waals surface area contributed by atoms with Crippen molar-refractivity contribution >= 4 is 0 Å². The van der Waals surface area contributed by atoms with Crippen LogP contribution in [0.4, 0.5) is 0 Å². The average Bonchev–Trinajstić information content (AvgIpc) is 2.29. The highest BCUT2D eigenvalue weighted by Gasteiger charge is 2.41. The summed E-state index contributed by atoms with van der Waals surface area (Å²) < 4.78 is 0. The Hall–Kier alpha value is -0.560. The first-order valence-electron chi connectivity index (χ1n) is 6.56. The van der Waals surface area contributed by atoms with E-state index in [4.69, 9.17) is 0 Å². The van der Waals surface area contributed by atoms with Crippen molar-refractivity contribution in [1.29, 1.82) is 0 Å². The van der Waals surface area contributed by atoms with Gasteiger partial charge in [0.25, 0.3) is 0 Å². The number of aliphatic hydroxyl groups is 1. The van der Waals surface area contributed by atoms with Gasteiger partial charge >= 0.3 is 0 Å². The molecule has 1 fully saturated rings. The fourth-order valence-electron chi connectivity index (χ4n) is 3.52. The number of aliphatic hydroxyl groups excluding tert-OH is 1. The molecule has 0 unspecified atom stereocenters. The lowest BCUT2D eigenvalue weighted by Gasteiger charge is -2.47. The van der Waals surface area contributed by atoms with Crippen molar-refractivity contribution in [2.45, 2.75) is 46.0 Å². The largest absolute Gasteiger partial charge is 0.392 e. The zero-order chi connectivity index (χ0) is 11.8. The van der Waals surface area contributed by atoms with Gasteiger partial charge in [-0.2, -0.15) is 0 Å². The summed E-state index contributed by atoms with van der Waals surface area (Å²) >= 11 is 0. The van der Waals surface area contributed by atoms with Crippen molar-refractivity contribution in [3.05, 3.63) is 23.8 Å². The van der Waals surface area contributed by atoms with Crippen molar-refractivity contribution < 1.29 is 5.11 Å². The molecule has 0 aromatic carbocycles. The van der Waals surface area contributed by atoms with E-state index in [0.29, 0.717) is 11.3 Å². The monoisotopic (exact) mass is 220 g/mol. The minimum atomic E-state index is 0.161. The van der Waals surface area contributed by atoms with Crippen LogP contribution in [0.1, 0.15) is 46.0 Å². The summed E-state index contributed by atoms with van der Waals surface area (Å²) in [5, 5.41) is 9.22. The molecule has 1 N–H and O–H groups in total. The standard InChI is InChI=1S/C15H24O/c1-11(10-16)13-7-8-14-6-4-5-12(2)15(14,3)9-13/h6,12-13,16H,1,4-5,7-10H2,2-3H3/t12-,13+,15+/m0/s1. The van der Waals surface area contributed by atoms with E-state index in [1.807, 2.05) is 0 Å². The molecule has 0 spiro atoms. The van der Waals surface area contributed by atoms with E-state index >= 15 is 0 Å². The van der Waals surface area contributed by atoms with Gasteiger partial charge in [-0.25, -0.2) is 0 Å². The van der Waals surface area contributed by atoms with E-state index in [1.165, 1.54) is 32.1 Å². The Bertz CT molecular complexity index is 315. The van der Waals surface area contributed by atoms with Gasteiger partial charge in [0.15, 0.2) is 0 Å². The highest BCUT2D eigenvalue weighted by Crippen LogP contribution is 2.53. The number of fused-ring (bicyclic) bond motifs is 1. The SMILES string of the molecule is C=C(CO)[C@@H]1CCC2=CCC[C@H](C)[C@@]2(C)C1. The van der Waals surface area contributed by atoms with Gasteiger partial charge in [0, 0.05) is 0 Å². The summed E-state index contributed by atoms with van der Waals surface area (Å²) in [6, 6.07) is 0. The Morgan fingerprint density at radius 3 is 3.00 bits per heavy atom. The molecule has 1 heteroatoms. The minimum absolute atomic E-state index is 0.161. The van der Waals surface area contributed by atoms with Crippen LogP contribution in [0.3, 0.4) is 0 Å². The Morgan fingerprint density at radius 1 is 1.56 bits per heavy atom. The normalized spacial score (nSPS) is 38.8. The van der Waals surface area contributed by atoms with Gasteiger partial charge in [0.05, 0.1) is 6.61 Å². The summed E-state index contributed by atoms with van der Waals surface area (Å²) in [6.07, 6.45) is 8.64. The fraction of sp³-hybridized carbons (Fsp3) is 0.733. The van der Waals surface area contributed by atoms with Crippen molar-refractivity contribution in [2.75, 3.05) is 6.61 Å². The Kier molecular flexibility index (Phi) is 3.25. The van der Waals surface area contributed by atoms with E-state index in [9.17, 15) is 5.11 Å². The molecule has 16 heavy (non-hydrogen) atoms. The molecule has 0 aromatic rings. The molecule has 90 valence electrons. The first-order chi connectivity index (χ1) is 7.58. The van der Waals surface area contributed by atoms with E-state index < -0.39 is 0 Å². The molecular weight excluding hydrogens is 196 g/mol. The topological polar surface area (TPSA) is 20.2 Å². The van der Waals surface area contributed by atoms with Gasteiger partial charge in [0.1, 0.15) is 0 Å². The summed E-state index contributed by atoms with van der Waals surface area (Å²) in [7, 11) is 0. The summed E-state index contributed by atoms with van der Waals surface area (Å²) in [4.78, 5) is 0. The second-order valence-electron chi connectivity index (χ2n) is 5.88. The van der Waals surface area contributed by atoms with Crippen molar-refractivity contribution in [3.63, 3.8) is 0 Å². The molecule has 0 heterocycles. The lowest BCUT2D eigenvalue weighted by atomic mass is 9.58. The van der Waals surface area contributed by atoms with Gasteiger partial charge in [-0.3, -0.25) is 0 Å². The van der Waals surface area contributed by atoms with Gasteiger partial charge in [-0.05, 0) is 54.9 Å². The Balaban J connectivity index is 2.19. The Labute approximate surface area is 99.3 Å². The molecule has 3 atom stereocenters. The predicted octanol–water partition coefficient (Wildman–Crippen LogP) is 3.70. The molecule has 1 saturated carbocycles. The zero-order valence-electron chi connectivity index (χ0n) is 10.6. The maximum absolute atomic E-state index is 9.22.